The van der Waals surface area contributed by atoms with Crippen molar-refractivity contribution in [3.05, 3.63) is 30.1 Å². The Kier molecular flexibility index (Phi) is 4.87. The van der Waals surface area contributed by atoms with E-state index in [2.05, 4.69) is 10.3 Å². The highest BCUT2D eigenvalue weighted by Gasteiger charge is 2.14. The van der Waals surface area contributed by atoms with Crippen LogP contribution in [-0.2, 0) is 11.3 Å². The van der Waals surface area contributed by atoms with Gasteiger partial charge in [0.2, 0.25) is 0 Å². The Morgan fingerprint density at radius 1 is 1.57 bits per heavy atom. The van der Waals surface area contributed by atoms with Crippen LogP contribution in [0.1, 0.15) is 12.0 Å². The van der Waals surface area contributed by atoms with Crippen molar-refractivity contribution < 1.29 is 4.74 Å². The fourth-order valence-electron chi connectivity index (χ4n) is 1.47. The summed E-state index contributed by atoms with van der Waals surface area (Å²) in [5.41, 5.74) is 1.15. The zero-order valence-electron chi connectivity index (χ0n) is 7.98. The van der Waals surface area contributed by atoms with Crippen molar-refractivity contribution >= 4 is 12.4 Å². The smallest absolute Gasteiger partial charge is 0.0736 e. The Morgan fingerprint density at radius 2 is 2.50 bits per heavy atom. The first-order valence-corrected chi connectivity index (χ1v) is 4.66. The number of nitrogens with zero attached hydrogens (tertiary/aromatic N) is 1. The summed E-state index contributed by atoms with van der Waals surface area (Å²) in [7, 11) is 0. The quantitative estimate of drug-likeness (QED) is 0.826. The van der Waals surface area contributed by atoms with Crippen molar-refractivity contribution in [3.63, 3.8) is 0 Å². The first-order valence-electron chi connectivity index (χ1n) is 4.66. The van der Waals surface area contributed by atoms with E-state index in [1.807, 2.05) is 18.3 Å². The van der Waals surface area contributed by atoms with E-state index in [0.717, 1.165) is 25.1 Å². The number of nitrogens with one attached hydrogen (secondary N) is 1. The summed E-state index contributed by atoms with van der Waals surface area (Å²) >= 11 is 0. The molecule has 1 N–H and O–H groups in total. The maximum absolute atomic E-state index is 5.69. The molecule has 1 aromatic rings. The van der Waals surface area contributed by atoms with Crippen LogP contribution in [0.2, 0.25) is 0 Å². The first-order chi connectivity index (χ1) is 6.45. The number of ether oxygens (including phenoxy) is 1. The largest absolute Gasteiger partial charge is 0.372 e. The molecular weight excluding hydrogens is 200 g/mol. The van der Waals surface area contributed by atoms with Crippen LogP contribution < -0.4 is 5.32 Å². The van der Waals surface area contributed by atoms with Gasteiger partial charge in [-0.3, -0.25) is 4.98 Å². The molecule has 0 aliphatic carbocycles. The van der Waals surface area contributed by atoms with Crippen molar-refractivity contribution in [2.24, 2.45) is 0 Å². The van der Waals surface area contributed by atoms with Gasteiger partial charge in [-0.2, -0.15) is 0 Å². The average Bonchev–Trinajstić information content (AvgIpc) is 2.69. The lowest BCUT2D eigenvalue weighted by Crippen LogP contribution is -2.16. The van der Waals surface area contributed by atoms with Crippen molar-refractivity contribution in [2.75, 3.05) is 13.1 Å². The molecule has 78 valence electrons. The van der Waals surface area contributed by atoms with Gasteiger partial charge in [0, 0.05) is 18.9 Å². The van der Waals surface area contributed by atoms with Gasteiger partial charge in [-0.05, 0) is 24.6 Å². The summed E-state index contributed by atoms with van der Waals surface area (Å²) < 4.78 is 5.69. The molecule has 3 nitrogen and oxygen atoms in total. The molecule has 1 aliphatic rings. The SMILES string of the molecule is Cl.c1cncc(CO[C@@H]2CCNC2)c1. The van der Waals surface area contributed by atoms with Crippen LogP contribution >= 0.6 is 12.4 Å². The second-order valence-electron chi connectivity index (χ2n) is 3.29. The molecule has 1 aromatic heterocycles. The first kappa shape index (κ1) is 11.4. The number of hydrogen-bond donors (Lipinski definition) is 1. The highest BCUT2D eigenvalue weighted by Crippen LogP contribution is 2.07. The van der Waals surface area contributed by atoms with Crippen molar-refractivity contribution in [1.82, 2.24) is 10.3 Å². The number of rotatable bonds is 3. The Bertz CT molecular complexity index is 250. The summed E-state index contributed by atoms with van der Waals surface area (Å²) in [5.74, 6) is 0. The van der Waals surface area contributed by atoms with Crippen LogP contribution in [0.5, 0.6) is 0 Å². The van der Waals surface area contributed by atoms with Crippen LogP contribution in [0.15, 0.2) is 24.5 Å². The Morgan fingerprint density at radius 3 is 3.14 bits per heavy atom. The maximum atomic E-state index is 5.69. The van der Waals surface area contributed by atoms with Crippen molar-refractivity contribution in [1.29, 1.82) is 0 Å². The molecular formula is C10H15ClN2O. The predicted octanol–water partition coefficient (Wildman–Crippen LogP) is 1.38. The second kappa shape index (κ2) is 5.96. The summed E-state index contributed by atoms with van der Waals surface area (Å²) in [4.78, 5) is 4.03. The van der Waals surface area contributed by atoms with Gasteiger partial charge in [-0.15, -0.1) is 12.4 Å². The molecule has 1 fully saturated rings. The second-order valence-corrected chi connectivity index (χ2v) is 3.29. The maximum Gasteiger partial charge on any atom is 0.0736 e. The van der Waals surface area contributed by atoms with Gasteiger partial charge in [0.05, 0.1) is 12.7 Å². The van der Waals surface area contributed by atoms with E-state index in [9.17, 15) is 0 Å². The van der Waals surface area contributed by atoms with E-state index < -0.39 is 0 Å². The normalized spacial score (nSPS) is 20.4. The van der Waals surface area contributed by atoms with Crippen LogP contribution in [0.3, 0.4) is 0 Å². The van der Waals surface area contributed by atoms with Crippen LogP contribution in [0.25, 0.3) is 0 Å². The van der Waals surface area contributed by atoms with Crippen LogP contribution in [0.4, 0.5) is 0 Å². The molecule has 2 heterocycles. The van der Waals surface area contributed by atoms with E-state index in [1.165, 1.54) is 0 Å². The lowest BCUT2D eigenvalue weighted by Gasteiger charge is -2.09. The third-order valence-corrected chi connectivity index (χ3v) is 2.22. The molecule has 4 heteroatoms. The highest BCUT2D eigenvalue weighted by atomic mass is 35.5. The van der Waals surface area contributed by atoms with E-state index in [0.29, 0.717) is 12.7 Å². The lowest BCUT2D eigenvalue weighted by atomic mass is 10.3. The number of hydrogen-bond acceptors (Lipinski definition) is 3. The van der Waals surface area contributed by atoms with Crippen LogP contribution in [-0.4, -0.2) is 24.2 Å². The highest BCUT2D eigenvalue weighted by molar-refractivity contribution is 5.85. The van der Waals surface area contributed by atoms with Gasteiger partial charge in [-0.1, -0.05) is 6.07 Å². The minimum absolute atomic E-state index is 0. The van der Waals surface area contributed by atoms with Crippen molar-refractivity contribution in [3.8, 4) is 0 Å². The topological polar surface area (TPSA) is 34.1 Å². The predicted molar refractivity (Wildman–Crippen MR) is 57.5 cm³/mol. The molecule has 0 saturated carbocycles. The Balaban J connectivity index is 0.000000980. The van der Waals surface area contributed by atoms with E-state index >= 15 is 0 Å². The molecule has 0 radical (unpaired) electrons. The van der Waals surface area contributed by atoms with Gasteiger partial charge in [0.1, 0.15) is 0 Å². The standard InChI is InChI=1S/C10H14N2O.ClH/c1-2-9(6-11-4-1)8-13-10-3-5-12-7-10;/h1-2,4,6,10,12H,3,5,7-8H2;1H/t10-;/m1./s1. The summed E-state index contributed by atoms with van der Waals surface area (Å²) in [5, 5.41) is 3.27. The molecule has 0 spiro atoms. The zero-order valence-corrected chi connectivity index (χ0v) is 8.80. The Hall–Kier alpha value is -0.640. The number of pyridine rings is 1. The molecule has 1 saturated heterocycles. The number of halogens is 1. The molecule has 14 heavy (non-hydrogen) atoms. The van der Waals surface area contributed by atoms with Gasteiger partial charge < -0.3 is 10.1 Å². The fraction of sp³-hybridized carbons (Fsp3) is 0.500. The number of aromatic nitrogens is 1. The van der Waals surface area contributed by atoms with E-state index in [4.69, 9.17) is 4.74 Å². The van der Waals surface area contributed by atoms with E-state index in [-0.39, 0.29) is 12.4 Å². The molecule has 0 bridgehead atoms. The summed E-state index contributed by atoms with van der Waals surface area (Å²) in [6.45, 7) is 2.75. The molecule has 0 unspecified atom stereocenters. The summed E-state index contributed by atoms with van der Waals surface area (Å²) in [6.07, 6.45) is 5.14. The van der Waals surface area contributed by atoms with Crippen molar-refractivity contribution in [2.45, 2.75) is 19.1 Å². The molecule has 0 amide bonds. The minimum Gasteiger partial charge on any atom is -0.372 e. The molecule has 1 atom stereocenters. The van der Waals surface area contributed by atoms with Gasteiger partial charge in [0.15, 0.2) is 0 Å². The van der Waals surface area contributed by atoms with E-state index in [1.54, 1.807) is 6.20 Å². The molecule has 2 rings (SSSR count). The average molecular weight is 215 g/mol. The third kappa shape index (κ3) is 3.25. The van der Waals surface area contributed by atoms with Crippen LogP contribution in [0, 0.1) is 0 Å². The van der Waals surface area contributed by atoms with Gasteiger partial charge >= 0.3 is 0 Å². The third-order valence-electron chi connectivity index (χ3n) is 2.22. The monoisotopic (exact) mass is 214 g/mol. The molecule has 1 aliphatic heterocycles. The lowest BCUT2D eigenvalue weighted by molar-refractivity contribution is 0.0541. The minimum atomic E-state index is 0. The van der Waals surface area contributed by atoms with Gasteiger partial charge in [-0.25, -0.2) is 0 Å². The van der Waals surface area contributed by atoms with Gasteiger partial charge in [0.25, 0.3) is 0 Å². The molecule has 0 aromatic carbocycles. The fourth-order valence-corrected chi connectivity index (χ4v) is 1.47. The Labute approximate surface area is 90.3 Å². The summed E-state index contributed by atoms with van der Waals surface area (Å²) in [6, 6.07) is 3.97. The zero-order chi connectivity index (χ0) is 8.93.